The molecule has 8 nitrogen and oxygen atoms in total. The lowest BCUT2D eigenvalue weighted by Crippen LogP contribution is -1.91. The van der Waals surface area contributed by atoms with Crippen LogP contribution in [0.1, 0.15) is 26.2 Å². The van der Waals surface area contributed by atoms with Crippen molar-refractivity contribution in [2.45, 2.75) is 26.2 Å². The van der Waals surface area contributed by atoms with Gasteiger partial charge in [-0.1, -0.05) is 13.3 Å². The van der Waals surface area contributed by atoms with Gasteiger partial charge in [0.05, 0.1) is 9.85 Å². The highest BCUT2D eigenvalue weighted by Crippen LogP contribution is 2.16. The molecule has 0 aromatic heterocycles. The lowest BCUT2D eigenvalue weighted by atomic mass is 10.3. The highest BCUT2D eigenvalue weighted by atomic mass is 16.6. The molecule has 1 aromatic rings. The van der Waals surface area contributed by atoms with Crippen molar-refractivity contribution in [1.29, 1.82) is 0 Å². The molecule has 104 valence electrons. The third kappa shape index (κ3) is 7.42. The van der Waals surface area contributed by atoms with Crippen LogP contribution in [0.5, 0.6) is 0 Å². The molecule has 1 rings (SSSR count). The molecule has 1 N–H and O–H groups in total. The Bertz CT molecular complexity index is 410. The third-order valence-corrected chi connectivity index (χ3v) is 2.02. The molecule has 0 spiro atoms. The maximum atomic E-state index is 10.1. The lowest BCUT2D eigenvalue weighted by Gasteiger charge is -1.90. The molecule has 0 heterocycles. The number of unbranched alkanes of at least 4 members (excludes halogenated alkanes) is 1. The van der Waals surface area contributed by atoms with Gasteiger partial charge < -0.3 is 5.11 Å². The van der Waals surface area contributed by atoms with E-state index in [1.165, 1.54) is 0 Å². The Morgan fingerprint density at radius 2 is 1.47 bits per heavy atom. The van der Waals surface area contributed by atoms with E-state index in [-0.39, 0.29) is 11.4 Å². The topological polar surface area (TPSA) is 124 Å². The summed E-state index contributed by atoms with van der Waals surface area (Å²) in [7, 11) is 0. The summed E-state index contributed by atoms with van der Waals surface area (Å²) in [6.07, 6.45) is 2.08. The van der Waals surface area contributed by atoms with Gasteiger partial charge in [0.2, 0.25) is 0 Å². The van der Waals surface area contributed by atoms with Gasteiger partial charge in [-0.3, -0.25) is 25.0 Å². The number of hydrogen-bond donors (Lipinski definition) is 1. The first kappa shape index (κ1) is 16.5. The van der Waals surface area contributed by atoms with Gasteiger partial charge in [-0.2, -0.15) is 0 Å². The van der Waals surface area contributed by atoms with E-state index in [0.29, 0.717) is 6.42 Å². The number of carboxylic acid groups (broad SMARTS) is 1. The van der Waals surface area contributed by atoms with Crippen LogP contribution in [0.25, 0.3) is 0 Å². The normalized spacial score (nSPS) is 9.11. The summed E-state index contributed by atoms with van der Waals surface area (Å²) in [4.78, 5) is 28.8. The van der Waals surface area contributed by atoms with Crippen LogP contribution >= 0.6 is 0 Å². The monoisotopic (exact) mass is 270 g/mol. The van der Waals surface area contributed by atoms with Crippen LogP contribution in [0.2, 0.25) is 0 Å². The van der Waals surface area contributed by atoms with Crippen LogP contribution in [-0.2, 0) is 4.79 Å². The largest absolute Gasteiger partial charge is 0.481 e. The third-order valence-electron chi connectivity index (χ3n) is 2.02. The Hall–Kier alpha value is -2.51. The van der Waals surface area contributed by atoms with Crippen molar-refractivity contribution >= 4 is 17.3 Å². The number of carbonyl (C=O) groups is 1. The fourth-order valence-corrected chi connectivity index (χ4v) is 1.02. The zero-order valence-electron chi connectivity index (χ0n) is 10.3. The summed E-state index contributed by atoms with van der Waals surface area (Å²) >= 11 is 0. The van der Waals surface area contributed by atoms with Gasteiger partial charge >= 0.3 is 5.97 Å². The quantitative estimate of drug-likeness (QED) is 0.647. The average molecular weight is 270 g/mol. The molecule has 0 aliphatic rings. The molecule has 0 unspecified atom stereocenters. The average Bonchev–Trinajstić information content (AvgIpc) is 2.37. The molecule has 0 atom stereocenters. The van der Waals surface area contributed by atoms with Crippen molar-refractivity contribution in [3.8, 4) is 0 Å². The minimum absolute atomic E-state index is 0.152. The van der Waals surface area contributed by atoms with Crippen molar-refractivity contribution < 1.29 is 19.7 Å². The second-order valence-corrected chi connectivity index (χ2v) is 3.53. The maximum Gasteiger partial charge on any atom is 0.303 e. The number of non-ortho nitro benzene ring substituents is 2. The Labute approximate surface area is 109 Å². The number of nitro benzene ring substituents is 2. The second-order valence-electron chi connectivity index (χ2n) is 3.53. The Balaban J connectivity index is 0.000000399. The standard InChI is InChI=1S/C6H4N2O4.C5H10O2/c9-7(10)5-1-2-6(4-3-5)8(11)12;1-2-3-4-5(6)7/h1-4H;2-4H2,1H3,(H,6,7). The number of carboxylic acids is 1. The fourth-order valence-electron chi connectivity index (χ4n) is 1.02. The number of aliphatic carboxylic acids is 1. The first-order valence-corrected chi connectivity index (χ1v) is 5.49. The number of benzene rings is 1. The number of hydrogen-bond acceptors (Lipinski definition) is 5. The highest BCUT2D eigenvalue weighted by Gasteiger charge is 2.08. The Morgan fingerprint density at radius 1 is 1.11 bits per heavy atom. The summed E-state index contributed by atoms with van der Waals surface area (Å²) in [5, 5.41) is 28.3. The first-order valence-electron chi connectivity index (χ1n) is 5.49. The Kier molecular flexibility index (Phi) is 7.43. The second kappa shape index (κ2) is 8.56. The van der Waals surface area contributed by atoms with Gasteiger partial charge in [0.1, 0.15) is 0 Å². The van der Waals surface area contributed by atoms with Gasteiger partial charge in [-0.05, 0) is 6.42 Å². The number of nitro groups is 2. The van der Waals surface area contributed by atoms with E-state index >= 15 is 0 Å². The predicted molar refractivity (Wildman–Crippen MR) is 66.9 cm³/mol. The van der Waals surface area contributed by atoms with E-state index < -0.39 is 15.8 Å². The number of nitrogens with zero attached hydrogens (tertiary/aromatic N) is 2. The van der Waals surface area contributed by atoms with Crippen molar-refractivity contribution in [2.75, 3.05) is 0 Å². The van der Waals surface area contributed by atoms with Crippen molar-refractivity contribution in [1.82, 2.24) is 0 Å². The SMILES string of the molecule is CCCCC(=O)O.O=[N+]([O-])c1ccc([N+](=O)[O-])cc1. The molecule has 0 bridgehead atoms. The molecule has 0 amide bonds. The van der Waals surface area contributed by atoms with Crippen LogP contribution in [-0.4, -0.2) is 20.9 Å². The van der Waals surface area contributed by atoms with E-state index in [9.17, 15) is 25.0 Å². The van der Waals surface area contributed by atoms with Crippen molar-refractivity contribution in [3.63, 3.8) is 0 Å². The molecular weight excluding hydrogens is 256 g/mol. The van der Waals surface area contributed by atoms with E-state index in [1.54, 1.807) is 0 Å². The molecule has 19 heavy (non-hydrogen) atoms. The summed E-state index contributed by atoms with van der Waals surface area (Å²) in [6.45, 7) is 1.98. The van der Waals surface area contributed by atoms with Gasteiger partial charge in [0.15, 0.2) is 0 Å². The van der Waals surface area contributed by atoms with E-state index in [2.05, 4.69) is 0 Å². The first-order chi connectivity index (χ1) is 8.88. The summed E-state index contributed by atoms with van der Waals surface area (Å²) in [5.74, 6) is -0.693. The van der Waals surface area contributed by atoms with Crippen LogP contribution in [0.3, 0.4) is 0 Å². The maximum absolute atomic E-state index is 10.1. The van der Waals surface area contributed by atoms with Crippen LogP contribution in [0.15, 0.2) is 24.3 Å². The zero-order chi connectivity index (χ0) is 14.8. The summed E-state index contributed by atoms with van der Waals surface area (Å²) in [5.41, 5.74) is -0.304. The van der Waals surface area contributed by atoms with Crippen LogP contribution in [0.4, 0.5) is 11.4 Å². The van der Waals surface area contributed by atoms with Crippen molar-refractivity contribution in [2.24, 2.45) is 0 Å². The smallest absolute Gasteiger partial charge is 0.303 e. The molecule has 8 heteroatoms. The molecule has 0 radical (unpaired) electrons. The molecule has 0 aliphatic carbocycles. The molecule has 1 aromatic carbocycles. The zero-order valence-corrected chi connectivity index (χ0v) is 10.3. The van der Waals surface area contributed by atoms with E-state index in [4.69, 9.17) is 5.11 Å². The van der Waals surface area contributed by atoms with Gasteiger partial charge in [-0.25, -0.2) is 0 Å². The van der Waals surface area contributed by atoms with Gasteiger partial charge in [0, 0.05) is 30.7 Å². The van der Waals surface area contributed by atoms with Crippen LogP contribution < -0.4 is 0 Å². The van der Waals surface area contributed by atoms with Crippen LogP contribution in [0, 0.1) is 20.2 Å². The van der Waals surface area contributed by atoms with Gasteiger partial charge in [-0.15, -0.1) is 0 Å². The molecule has 0 fully saturated rings. The summed E-state index contributed by atoms with van der Waals surface area (Å²) < 4.78 is 0. The summed E-state index contributed by atoms with van der Waals surface area (Å²) in [6, 6.07) is 4.38. The predicted octanol–water partition coefficient (Wildman–Crippen LogP) is 2.76. The molecule has 0 saturated carbocycles. The highest BCUT2D eigenvalue weighted by molar-refractivity contribution is 5.66. The van der Waals surface area contributed by atoms with E-state index in [1.807, 2.05) is 6.92 Å². The number of rotatable bonds is 5. The molecular formula is C11H14N2O6. The minimum Gasteiger partial charge on any atom is -0.481 e. The van der Waals surface area contributed by atoms with E-state index in [0.717, 1.165) is 37.1 Å². The van der Waals surface area contributed by atoms with Crippen molar-refractivity contribution in [3.05, 3.63) is 44.5 Å². The molecule has 0 saturated heterocycles. The fraction of sp³-hybridized carbons (Fsp3) is 0.364. The molecule has 0 aliphatic heterocycles. The minimum atomic E-state index is -0.693. The lowest BCUT2D eigenvalue weighted by molar-refractivity contribution is -0.389. The Morgan fingerprint density at radius 3 is 1.63 bits per heavy atom. The van der Waals surface area contributed by atoms with Gasteiger partial charge in [0.25, 0.3) is 11.4 Å².